The van der Waals surface area contributed by atoms with Crippen molar-refractivity contribution in [3.05, 3.63) is 96.1 Å². The number of aliphatic hydroxyl groups excluding tert-OH is 2. The van der Waals surface area contributed by atoms with Gasteiger partial charge in [0.05, 0.1) is 34.1 Å². The fourth-order valence-corrected chi connectivity index (χ4v) is 4.67. The van der Waals surface area contributed by atoms with Gasteiger partial charge in [0.2, 0.25) is 9.84 Å². The summed E-state index contributed by atoms with van der Waals surface area (Å²) in [6, 6.07) is 21.1. The fraction of sp³-hybridized carbons (Fsp3) is 0.143. The summed E-state index contributed by atoms with van der Waals surface area (Å²) in [4.78, 5) is 21.8. The number of sulfone groups is 1. The molecular weight excluding hydrogens is 528 g/mol. The quantitative estimate of drug-likeness (QED) is 0.228. The van der Waals surface area contributed by atoms with Gasteiger partial charge in [0.1, 0.15) is 24.7 Å². The summed E-state index contributed by atoms with van der Waals surface area (Å²) in [5.74, 6) is -1.01. The van der Waals surface area contributed by atoms with Crippen molar-refractivity contribution >= 4 is 32.5 Å². The number of fused-ring (bicyclic) bond motifs is 1. The minimum absolute atomic E-state index is 0.106. The normalized spacial score (nSPS) is 10.8. The highest BCUT2D eigenvalue weighted by atomic mass is 32.2. The molecule has 0 unspecified atom stereocenters. The van der Waals surface area contributed by atoms with Gasteiger partial charge in [-0.3, -0.25) is 0 Å². The van der Waals surface area contributed by atoms with E-state index in [0.717, 1.165) is 0 Å². The number of rotatable bonds is 10. The first kappa shape index (κ1) is 29.1. The van der Waals surface area contributed by atoms with Crippen LogP contribution in [0.15, 0.2) is 94.7 Å². The Labute approximate surface area is 224 Å². The third-order valence-corrected chi connectivity index (χ3v) is 7.11. The lowest BCUT2D eigenvalue weighted by Gasteiger charge is -2.08. The molecule has 0 saturated heterocycles. The lowest BCUT2D eigenvalue weighted by Crippen LogP contribution is -2.04. The lowest BCUT2D eigenvalue weighted by atomic mass is 10.0. The molecule has 11 heteroatoms. The Hall–Kier alpha value is -4.45. The maximum absolute atomic E-state index is 12.5. The zero-order valence-corrected chi connectivity index (χ0v) is 21.4. The molecule has 204 valence electrons. The van der Waals surface area contributed by atoms with Gasteiger partial charge in [-0.1, -0.05) is 12.1 Å². The molecule has 0 saturated carbocycles. The molecule has 4 aromatic rings. The zero-order valence-electron chi connectivity index (χ0n) is 20.6. The highest BCUT2D eigenvalue weighted by Crippen LogP contribution is 2.25. The second kappa shape index (κ2) is 13.4. The molecule has 4 aromatic carbocycles. The van der Waals surface area contributed by atoms with Gasteiger partial charge in [-0.25, -0.2) is 18.0 Å². The molecule has 0 aliphatic rings. The van der Waals surface area contributed by atoms with Crippen LogP contribution in [0, 0.1) is 0 Å². The van der Waals surface area contributed by atoms with Gasteiger partial charge in [-0.05, 0) is 83.6 Å². The molecule has 0 atom stereocenters. The Morgan fingerprint density at radius 1 is 0.590 bits per heavy atom. The van der Waals surface area contributed by atoms with Crippen LogP contribution in [0.3, 0.4) is 0 Å². The van der Waals surface area contributed by atoms with Gasteiger partial charge >= 0.3 is 11.9 Å². The highest BCUT2D eigenvalue weighted by molar-refractivity contribution is 7.91. The van der Waals surface area contributed by atoms with Gasteiger partial charge in [-0.2, -0.15) is 0 Å². The number of carbonyl (C=O) groups is 2. The molecule has 4 rings (SSSR count). The monoisotopic (exact) mass is 554 g/mol. The molecule has 0 aliphatic heterocycles. The van der Waals surface area contributed by atoms with Crippen molar-refractivity contribution < 1.29 is 47.9 Å². The number of benzene rings is 4. The van der Waals surface area contributed by atoms with Crippen LogP contribution in [0.5, 0.6) is 11.5 Å². The third-order valence-electron chi connectivity index (χ3n) is 5.32. The smallest absolute Gasteiger partial charge is 0.335 e. The van der Waals surface area contributed by atoms with Crippen LogP contribution in [-0.2, 0) is 9.84 Å². The summed E-state index contributed by atoms with van der Waals surface area (Å²) in [6.07, 6.45) is 0. The van der Waals surface area contributed by atoms with Gasteiger partial charge in [0.25, 0.3) is 0 Å². The Morgan fingerprint density at radius 3 is 1.26 bits per heavy atom. The van der Waals surface area contributed by atoms with Crippen molar-refractivity contribution in [3.8, 4) is 11.5 Å². The predicted molar refractivity (Wildman–Crippen MR) is 141 cm³/mol. The average Bonchev–Trinajstić information content (AvgIpc) is 2.95. The zero-order chi connectivity index (χ0) is 28.4. The number of carboxylic acid groups (broad SMARTS) is 2. The third kappa shape index (κ3) is 7.77. The maximum Gasteiger partial charge on any atom is 0.335 e. The number of ether oxygens (including phenoxy) is 2. The average molecular weight is 555 g/mol. The summed E-state index contributed by atoms with van der Waals surface area (Å²) in [7, 11) is -3.62. The van der Waals surface area contributed by atoms with Crippen molar-refractivity contribution in [1.29, 1.82) is 0 Å². The molecule has 0 aliphatic carbocycles. The van der Waals surface area contributed by atoms with Crippen LogP contribution in [0.25, 0.3) is 10.8 Å². The minimum atomic E-state index is -3.62. The van der Waals surface area contributed by atoms with Crippen LogP contribution in [0.1, 0.15) is 20.7 Å². The van der Waals surface area contributed by atoms with Gasteiger partial charge in [-0.15, -0.1) is 0 Å². The SMILES string of the molecule is O=C(O)c1ccc2cc(C(=O)O)ccc2c1.O=S(=O)(c1ccc(OCCO)cc1)c1ccc(OCCO)cc1. The molecule has 0 aromatic heterocycles. The first-order valence-electron chi connectivity index (χ1n) is 11.6. The van der Waals surface area contributed by atoms with Gasteiger partial charge in [0, 0.05) is 0 Å². The highest BCUT2D eigenvalue weighted by Gasteiger charge is 2.17. The van der Waals surface area contributed by atoms with E-state index in [2.05, 4.69) is 0 Å². The lowest BCUT2D eigenvalue weighted by molar-refractivity contribution is 0.0686. The first-order chi connectivity index (χ1) is 18.6. The number of carboxylic acids is 2. The second-order valence-corrected chi connectivity index (χ2v) is 9.93. The molecule has 10 nitrogen and oxygen atoms in total. The van der Waals surface area contributed by atoms with Crippen molar-refractivity contribution in [2.45, 2.75) is 9.79 Å². The van der Waals surface area contributed by atoms with Crippen LogP contribution in [0.2, 0.25) is 0 Å². The van der Waals surface area contributed by atoms with E-state index in [1.165, 1.54) is 48.5 Å². The van der Waals surface area contributed by atoms with Gasteiger partial charge in [0.15, 0.2) is 0 Å². The summed E-state index contributed by atoms with van der Waals surface area (Å²) >= 11 is 0. The number of hydrogen-bond acceptors (Lipinski definition) is 8. The number of hydrogen-bond donors (Lipinski definition) is 4. The molecule has 0 amide bonds. The van der Waals surface area contributed by atoms with Crippen molar-refractivity contribution in [3.63, 3.8) is 0 Å². The van der Waals surface area contributed by atoms with Crippen LogP contribution in [0.4, 0.5) is 0 Å². The second-order valence-electron chi connectivity index (χ2n) is 7.98. The van der Waals surface area contributed by atoms with Crippen LogP contribution < -0.4 is 9.47 Å². The van der Waals surface area contributed by atoms with Crippen molar-refractivity contribution in [1.82, 2.24) is 0 Å². The summed E-state index contributed by atoms with van der Waals surface area (Å²) in [5, 5.41) is 36.4. The molecule has 0 radical (unpaired) electrons. The van der Waals surface area contributed by atoms with E-state index in [9.17, 15) is 18.0 Å². The van der Waals surface area contributed by atoms with E-state index in [0.29, 0.717) is 22.3 Å². The minimum Gasteiger partial charge on any atom is -0.491 e. The Balaban J connectivity index is 0.000000230. The van der Waals surface area contributed by atoms with Crippen LogP contribution >= 0.6 is 0 Å². The predicted octanol–water partition coefficient (Wildman–Crippen LogP) is 3.50. The molecule has 0 fully saturated rings. The van der Waals surface area contributed by atoms with E-state index in [1.807, 2.05) is 0 Å². The van der Waals surface area contributed by atoms with Crippen molar-refractivity contribution in [2.75, 3.05) is 26.4 Å². The Morgan fingerprint density at radius 2 is 0.949 bits per heavy atom. The van der Waals surface area contributed by atoms with Gasteiger partial charge < -0.3 is 29.9 Å². The van der Waals surface area contributed by atoms with E-state index in [-0.39, 0.29) is 47.3 Å². The summed E-state index contributed by atoms with van der Waals surface area (Å²) in [5.41, 5.74) is 0.381. The molecule has 0 heterocycles. The fourth-order valence-electron chi connectivity index (χ4n) is 3.40. The number of aromatic carboxylic acids is 2. The Kier molecular flexibility index (Phi) is 9.98. The van der Waals surface area contributed by atoms with Crippen molar-refractivity contribution in [2.24, 2.45) is 0 Å². The topological polar surface area (TPSA) is 168 Å². The molecule has 0 spiro atoms. The van der Waals surface area contributed by atoms with E-state index >= 15 is 0 Å². The molecule has 4 N–H and O–H groups in total. The van der Waals surface area contributed by atoms with E-state index in [4.69, 9.17) is 29.9 Å². The van der Waals surface area contributed by atoms with Crippen LogP contribution in [-0.4, -0.2) is 67.2 Å². The van der Waals surface area contributed by atoms with E-state index in [1.54, 1.807) is 36.4 Å². The standard InChI is InChI=1S/C16H18O6S.C12H8O4/c17-9-11-21-13-1-5-15(6-2-13)23(19,20)16-7-3-14(4-8-16)22-12-10-18;13-11(14)9-3-1-7-5-10(12(15)16)4-2-8(7)6-9/h1-8,17-18H,9-12H2;1-6H,(H,13,14)(H,15,16). The Bertz CT molecular complexity index is 1420. The molecule has 0 bridgehead atoms. The van der Waals surface area contributed by atoms with E-state index < -0.39 is 21.8 Å². The first-order valence-corrected chi connectivity index (χ1v) is 13.1. The maximum atomic E-state index is 12.5. The molecular formula is C28H26O10S. The largest absolute Gasteiger partial charge is 0.491 e. The summed E-state index contributed by atoms with van der Waals surface area (Å²) < 4.78 is 35.4. The molecule has 39 heavy (non-hydrogen) atoms. The number of aliphatic hydroxyl groups is 2. The summed E-state index contributed by atoms with van der Waals surface area (Å²) in [6.45, 7) is 0.0955.